The van der Waals surface area contributed by atoms with Crippen LogP contribution in [0.4, 0.5) is 0 Å². The second kappa shape index (κ2) is 9.73. The molecule has 0 saturated heterocycles. The van der Waals surface area contributed by atoms with Crippen molar-refractivity contribution in [3.63, 3.8) is 0 Å². The number of aromatic nitrogens is 2. The molecule has 4 aromatic rings. The molecule has 0 radical (unpaired) electrons. The molecular formula is C25H18Cl2N4O. The van der Waals surface area contributed by atoms with Gasteiger partial charge in [0.25, 0.3) is 0 Å². The van der Waals surface area contributed by atoms with E-state index in [-0.39, 0.29) is 11.5 Å². The summed E-state index contributed by atoms with van der Waals surface area (Å²) in [7, 11) is 0. The molecule has 5 nitrogen and oxygen atoms in total. The van der Waals surface area contributed by atoms with Crippen molar-refractivity contribution >= 4 is 40.9 Å². The molecular weight excluding hydrogens is 443 g/mol. The maximum atomic E-state index is 13.1. The average Bonchev–Trinajstić information content (AvgIpc) is 3.11. The van der Waals surface area contributed by atoms with E-state index in [9.17, 15) is 4.79 Å². The molecule has 0 N–H and O–H groups in total. The summed E-state index contributed by atoms with van der Waals surface area (Å²) in [6.07, 6.45) is 1.51. The molecule has 32 heavy (non-hydrogen) atoms. The molecule has 0 aliphatic heterocycles. The van der Waals surface area contributed by atoms with Crippen LogP contribution in [0.1, 0.15) is 27.2 Å². The van der Waals surface area contributed by atoms with Crippen molar-refractivity contribution in [1.29, 1.82) is 0 Å². The number of halogens is 2. The quantitative estimate of drug-likeness (QED) is 0.195. The van der Waals surface area contributed by atoms with Crippen LogP contribution in [-0.2, 0) is 0 Å². The van der Waals surface area contributed by atoms with Gasteiger partial charge in [-0.05, 0) is 31.2 Å². The van der Waals surface area contributed by atoms with Crippen molar-refractivity contribution in [2.75, 3.05) is 0 Å². The van der Waals surface area contributed by atoms with Crippen LogP contribution in [-0.4, -0.2) is 27.5 Å². The number of rotatable bonds is 6. The van der Waals surface area contributed by atoms with Crippen molar-refractivity contribution in [3.05, 3.63) is 117 Å². The van der Waals surface area contributed by atoms with E-state index in [0.717, 1.165) is 5.69 Å². The molecule has 0 aliphatic carbocycles. The Bertz CT molecular complexity index is 1300. The lowest BCUT2D eigenvalue weighted by atomic mass is 10.0. The smallest absolute Gasteiger partial charge is 0.213 e. The monoisotopic (exact) mass is 460 g/mol. The predicted octanol–water partition coefficient (Wildman–Crippen LogP) is 6.19. The van der Waals surface area contributed by atoms with E-state index < -0.39 is 0 Å². The van der Waals surface area contributed by atoms with E-state index in [0.29, 0.717) is 32.6 Å². The Kier molecular flexibility index (Phi) is 6.59. The van der Waals surface area contributed by atoms with Gasteiger partial charge in [0, 0.05) is 16.1 Å². The van der Waals surface area contributed by atoms with Crippen LogP contribution in [0, 0.1) is 6.92 Å². The largest absolute Gasteiger partial charge is 0.287 e. The zero-order valence-corrected chi connectivity index (χ0v) is 18.6. The molecule has 0 amide bonds. The fourth-order valence-corrected chi connectivity index (χ4v) is 3.56. The van der Waals surface area contributed by atoms with E-state index >= 15 is 0 Å². The predicted molar refractivity (Wildman–Crippen MR) is 130 cm³/mol. The summed E-state index contributed by atoms with van der Waals surface area (Å²) >= 11 is 12.5. The summed E-state index contributed by atoms with van der Waals surface area (Å²) in [6.45, 7) is 1.83. The molecule has 0 aliphatic rings. The lowest BCUT2D eigenvalue weighted by Gasteiger charge is -2.04. The van der Waals surface area contributed by atoms with Gasteiger partial charge in [-0.3, -0.25) is 4.79 Å². The van der Waals surface area contributed by atoms with Gasteiger partial charge in [-0.15, -0.1) is 5.10 Å². The summed E-state index contributed by atoms with van der Waals surface area (Å²) < 4.78 is 1.60. The molecule has 0 fully saturated rings. The van der Waals surface area contributed by atoms with E-state index in [2.05, 4.69) is 15.3 Å². The second-order valence-corrected chi connectivity index (χ2v) is 7.73. The second-order valence-electron chi connectivity index (χ2n) is 6.93. The molecule has 0 spiro atoms. The van der Waals surface area contributed by atoms with Crippen LogP contribution >= 0.6 is 23.2 Å². The van der Waals surface area contributed by atoms with Gasteiger partial charge in [-0.25, -0.2) is 4.68 Å². The molecule has 0 bridgehead atoms. The Morgan fingerprint density at radius 2 is 1.47 bits per heavy atom. The number of carbonyl (C=O) groups excluding carboxylic acids is 1. The topological polar surface area (TPSA) is 59.6 Å². The third-order valence-electron chi connectivity index (χ3n) is 4.76. The molecule has 4 rings (SSSR count). The number of hydrogen-bond acceptors (Lipinski definition) is 4. The maximum absolute atomic E-state index is 13.1. The molecule has 1 heterocycles. The Balaban J connectivity index is 1.69. The number of ketones is 1. The Hall–Kier alpha value is -3.54. The van der Waals surface area contributed by atoms with Crippen molar-refractivity contribution in [3.8, 4) is 5.69 Å². The number of Topliss-reactive ketones (excluding diaryl/α,β-unsaturated/α-hetero) is 1. The molecule has 0 atom stereocenters. The van der Waals surface area contributed by atoms with Crippen LogP contribution in [0.15, 0.2) is 95.1 Å². The number of nitrogens with zero attached hydrogens (tertiary/aromatic N) is 4. The number of aryl methyl sites for hydroxylation is 1. The summed E-state index contributed by atoms with van der Waals surface area (Å²) in [5.41, 5.74) is 3.53. The van der Waals surface area contributed by atoms with Gasteiger partial charge in [0.05, 0.1) is 23.2 Å². The highest BCUT2D eigenvalue weighted by molar-refractivity contribution is 6.51. The van der Waals surface area contributed by atoms with Crippen molar-refractivity contribution < 1.29 is 4.79 Å². The maximum Gasteiger partial charge on any atom is 0.213 e. The number of benzene rings is 3. The minimum absolute atomic E-state index is 0.214. The van der Waals surface area contributed by atoms with Gasteiger partial charge in [0.15, 0.2) is 0 Å². The van der Waals surface area contributed by atoms with Crippen molar-refractivity contribution in [2.45, 2.75) is 6.92 Å². The highest BCUT2D eigenvalue weighted by Crippen LogP contribution is 2.23. The Labute approximate surface area is 195 Å². The SMILES string of the molecule is Cc1nn(-c2ccc(Cl)cc2)c(Cl)c1C=NN=C(C(=O)c1ccccc1)c1ccccc1. The normalized spacial score (nSPS) is 11.8. The number of carbonyl (C=O) groups is 1. The summed E-state index contributed by atoms with van der Waals surface area (Å²) in [5.74, 6) is -0.214. The minimum Gasteiger partial charge on any atom is -0.287 e. The van der Waals surface area contributed by atoms with Crippen LogP contribution < -0.4 is 0 Å². The van der Waals surface area contributed by atoms with Gasteiger partial charge >= 0.3 is 0 Å². The van der Waals surface area contributed by atoms with Crippen LogP contribution in [0.25, 0.3) is 5.69 Å². The zero-order chi connectivity index (χ0) is 22.5. The molecule has 3 aromatic carbocycles. The minimum atomic E-state index is -0.214. The first-order chi connectivity index (χ1) is 15.5. The van der Waals surface area contributed by atoms with Crippen LogP contribution in [0.3, 0.4) is 0 Å². The van der Waals surface area contributed by atoms with Gasteiger partial charge in [0.2, 0.25) is 5.78 Å². The fraction of sp³-hybridized carbons (Fsp3) is 0.0400. The van der Waals surface area contributed by atoms with Crippen molar-refractivity contribution in [2.24, 2.45) is 10.2 Å². The highest BCUT2D eigenvalue weighted by atomic mass is 35.5. The van der Waals surface area contributed by atoms with E-state index in [1.54, 1.807) is 28.9 Å². The van der Waals surface area contributed by atoms with E-state index in [1.165, 1.54) is 6.21 Å². The first-order valence-corrected chi connectivity index (χ1v) is 10.6. The van der Waals surface area contributed by atoms with E-state index in [1.807, 2.05) is 67.6 Å². The first kappa shape index (κ1) is 21.7. The summed E-state index contributed by atoms with van der Waals surface area (Å²) in [4.78, 5) is 13.1. The number of hydrogen-bond donors (Lipinski definition) is 0. The average molecular weight is 461 g/mol. The van der Waals surface area contributed by atoms with Gasteiger partial charge in [-0.1, -0.05) is 83.9 Å². The Morgan fingerprint density at radius 3 is 2.09 bits per heavy atom. The third-order valence-corrected chi connectivity index (χ3v) is 5.38. The third kappa shape index (κ3) is 4.69. The zero-order valence-electron chi connectivity index (χ0n) is 17.1. The highest BCUT2D eigenvalue weighted by Gasteiger charge is 2.17. The van der Waals surface area contributed by atoms with Crippen LogP contribution in [0.5, 0.6) is 0 Å². The van der Waals surface area contributed by atoms with E-state index in [4.69, 9.17) is 23.2 Å². The molecule has 7 heteroatoms. The molecule has 1 aromatic heterocycles. The van der Waals surface area contributed by atoms with Crippen LogP contribution in [0.2, 0.25) is 10.2 Å². The van der Waals surface area contributed by atoms with Crippen molar-refractivity contribution in [1.82, 2.24) is 9.78 Å². The lowest BCUT2D eigenvalue weighted by molar-refractivity contribution is 0.106. The molecule has 0 unspecified atom stereocenters. The van der Waals surface area contributed by atoms with Gasteiger partial charge in [0.1, 0.15) is 10.9 Å². The lowest BCUT2D eigenvalue weighted by Crippen LogP contribution is -2.15. The van der Waals surface area contributed by atoms with Gasteiger partial charge in [-0.2, -0.15) is 10.2 Å². The summed E-state index contributed by atoms with van der Waals surface area (Å²) in [5, 5.41) is 14.0. The Morgan fingerprint density at radius 1 is 0.875 bits per heavy atom. The molecule has 0 saturated carbocycles. The summed E-state index contributed by atoms with van der Waals surface area (Å²) in [6, 6.07) is 25.4. The standard InChI is InChI=1S/C25H18Cl2N4O/c1-17-22(25(27)31(30-17)21-14-12-20(26)13-15-21)16-28-29-23(18-8-4-2-5-9-18)24(32)19-10-6-3-7-11-19/h2-16H,1H3. The molecule has 158 valence electrons. The van der Waals surface area contributed by atoms with Gasteiger partial charge < -0.3 is 0 Å². The fourth-order valence-electron chi connectivity index (χ4n) is 3.11. The first-order valence-electron chi connectivity index (χ1n) is 9.82.